The van der Waals surface area contributed by atoms with Gasteiger partial charge >= 0.3 is 12.1 Å². The van der Waals surface area contributed by atoms with Gasteiger partial charge in [-0.3, -0.25) is 15.0 Å². The van der Waals surface area contributed by atoms with Gasteiger partial charge in [0.1, 0.15) is 11.5 Å². The zero-order chi connectivity index (χ0) is 28.4. The van der Waals surface area contributed by atoms with Gasteiger partial charge in [-0.05, 0) is 54.0 Å². The molecule has 39 heavy (non-hydrogen) atoms. The smallest absolute Gasteiger partial charge is 0.419 e. The lowest BCUT2D eigenvalue weighted by Gasteiger charge is -2.19. The topological polar surface area (TPSA) is 117 Å². The minimum absolute atomic E-state index is 0.0555. The Morgan fingerprint density at radius 1 is 1.00 bits per heavy atom. The average molecular weight is 535 g/mol. The predicted octanol–water partition coefficient (Wildman–Crippen LogP) is 6.24. The van der Waals surface area contributed by atoms with Crippen molar-refractivity contribution in [2.45, 2.75) is 19.8 Å². The standard InChI is InChI=1S/C29H30N2O8/c1-5-6-16-38-26-17-20(18-27(36-3)28(32)37-4)10-15-25(26)21-8-7-9-23(19-21)30(2)29(33)39-24-13-11-22(12-14-24)31(34)35/h7-15,17-19H,5-6,16H2,1-4H3. The number of anilines is 1. The molecule has 10 nitrogen and oxygen atoms in total. The molecule has 0 atom stereocenters. The minimum atomic E-state index is -0.657. The van der Waals surface area contributed by atoms with E-state index < -0.39 is 17.0 Å². The number of esters is 1. The van der Waals surface area contributed by atoms with E-state index in [9.17, 15) is 19.7 Å². The molecule has 0 bridgehead atoms. The van der Waals surface area contributed by atoms with Crippen molar-refractivity contribution in [2.24, 2.45) is 0 Å². The van der Waals surface area contributed by atoms with Crippen molar-refractivity contribution in [3.8, 4) is 22.6 Å². The number of carbonyl (C=O) groups excluding carboxylic acids is 2. The third-order valence-corrected chi connectivity index (χ3v) is 5.74. The Hall–Kier alpha value is -4.86. The van der Waals surface area contributed by atoms with Crippen LogP contribution in [0.5, 0.6) is 11.5 Å². The Kier molecular flexibility index (Phi) is 10.0. The number of carbonyl (C=O) groups is 2. The molecule has 3 aromatic rings. The van der Waals surface area contributed by atoms with E-state index >= 15 is 0 Å². The maximum atomic E-state index is 12.8. The van der Waals surface area contributed by atoms with Crippen LogP contribution in [0.1, 0.15) is 25.3 Å². The Morgan fingerprint density at radius 2 is 1.74 bits per heavy atom. The van der Waals surface area contributed by atoms with Gasteiger partial charge in [-0.1, -0.05) is 37.6 Å². The van der Waals surface area contributed by atoms with Crippen LogP contribution in [0.15, 0.2) is 72.5 Å². The first-order chi connectivity index (χ1) is 18.8. The van der Waals surface area contributed by atoms with Crippen molar-refractivity contribution in [3.63, 3.8) is 0 Å². The highest BCUT2D eigenvalue weighted by Crippen LogP contribution is 2.34. The molecule has 0 N–H and O–H groups in total. The number of nitrogens with zero attached hydrogens (tertiary/aromatic N) is 2. The van der Waals surface area contributed by atoms with Crippen LogP contribution in [0.3, 0.4) is 0 Å². The molecule has 0 unspecified atom stereocenters. The number of amides is 1. The zero-order valence-electron chi connectivity index (χ0n) is 22.2. The van der Waals surface area contributed by atoms with Crippen molar-refractivity contribution < 1.29 is 33.5 Å². The van der Waals surface area contributed by atoms with Gasteiger partial charge < -0.3 is 18.9 Å². The number of hydrogen-bond donors (Lipinski definition) is 0. The fourth-order valence-corrected chi connectivity index (χ4v) is 3.56. The fraction of sp³-hybridized carbons (Fsp3) is 0.241. The number of unbranched alkanes of at least 4 members (excludes halogenated alkanes) is 1. The number of hydrogen-bond acceptors (Lipinski definition) is 8. The summed E-state index contributed by atoms with van der Waals surface area (Å²) in [5.41, 5.74) is 2.74. The molecule has 10 heteroatoms. The number of methoxy groups -OCH3 is 2. The highest BCUT2D eigenvalue weighted by Gasteiger charge is 2.17. The Bertz CT molecular complexity index is 1350. The molecule has 0 heterocycles. The molecule has 1 amide bonds. The number of non-ortho nitro benzene ring substituents is 1. The van der Waals surface area contributed by atoms with Crippen molar-refractivity contribution >= 4 is 29.5 Å². The van der Waals surface area contributed by atoms with E-state index in [1.807, 2.05) is 36.4 Å². The summed E-state index contributed by atoms with van der Waals surface area (Å²) in [6.07, 6.45) is 2.74. The van der Waals surface area contributed by atoms with Crippen molar-refractivity contribution in [1.82, 2.24) is 0 Å². The van der Waals surface area contributed by atoms with Gasteiger partial charge in [0.2, 0.25) is 5.76 Å². The monoisotopic (exact) mass is 534 g/mol. The summed E-state index contributed by atoms with van der Waals surface area (Å²) in [6, 6.07) is 18.1. The summed E-state index contributed by atoms with van der Waals surface area (Å²) < 4.78 is 21.4. The lowest BCUT2D eigenvalue weighted by Crippen LogP contribution is -2.29. The first-order valence-corrected chi connectivity index (χ1v) is 12.2. The molecule has 0 aromatic heterocycles. The second-order valence-corrected chi connectivity index (χ2v) is 8.39. The van der Waals surface area contributed by atoms with Gasteiger partial charge in [-0.2, -0.15) is 0 Å². The molecule has 0 spiro atoms. The van der Waals surface area contributed by atoms with Gasteiger partial charge in [0.25, 0.3) is 5.69 Å². The summed E-state index contributed by atoms with van der Waals surface area (Å²) in [5.74, 6) is 0.253. The largest absolute Gasteiger partial charge is 0.493 e. The summed E-state index contributed by atoms with van der Waals surface area (Å²) in [6.45, 7) is 2.58. The minimum Gasteiger partial charge on any atom is -0.493 e. The second kappa shape index (κ2) is 13.6. The molecule has 0 saturated heterocycles. The predicted molar refractivity (Wildman–Crippen MR) is 147 cm³/mol. The molecule has 0 saturated carbocycles. The molecular weight excluding hydrogens is 504 g/mol. The zero-order valence-corrected chi connectivity index (χ0v) is 22.2. The van der Waals surface area contributed by atoms with Gasteiger partial charge in [0.05, 0.1) is 25.7 Å². The van der Waals surface area contributed by atoms with E-state index in [0.717, 1.165) is 24.0 Å². The van der Waals surface area contributed by atoms with Crippen molar-refractivity contribution in [1.29, 1.82) is 0 Å². The molecule has 204 valence electrons. The maximum absolute atomic E-state index is 12.8. The third-order valence-electron chi connectivity index (χ3n) is 5.74. The quantitative estimate of drug-likeness (QED) is 0.0709. The third kappa shape index (κ3) is 7.57. The van der Waals surface area contributed by atoms with Crippen LogP contribution in [0.25, 0.3) is 17.2 Å². The van der Waals surface area contributed by atoms with E-state index in [2.05, 4.69) is 6.92 Å². The average Bonchev–Trinajstić information content (AvgIpc) is 2.95. The molecule has 0 radical (unpaired) electrons. The van der Waals surface area contributed by atoms with Gasteiger partial charge in [0, 0.05) is 30.4 Å². The van der Waals surface area contributed by atoms with Crippen LogP contribution >= 0.6 is 0 Å². The van der Waals surface area contributed by atoms with Gasteiger partial charge in [0.15, 0.2) is 0 Å². The molecule has 3 rings (SSSR count). The molecule has 0 aliphatic heterocycles. The Morgan fingerprint density at radius 3 is 2.38 bits per heavy atom. The summed E-state index contributed by atoms with van der Waals surface area (Å²) in [5, 5.41) is 10.8. The molecule has 3 aromatic carbocycles. The van der Waals surface area contributed by atoms with E-state index in [1.165, 1.54) is 43.4 Å². The molecule has 0 aliphatic rings. The summed E-state index contributed by atoms with van der Waals surface area (Å²) in [7, 11) is 4.24. The highest BCUT2D eigenvalue weighted by atomic mass is 16.6. The van der Waals surface area contributed by atoms with E-state index in [4.69, 9.17) is 18.9 Å². The number of benzene rings is 3. The van der Waals surface area contributed by atoms with Crippen LogP contribution in [0, 0.1) is 10.1 Å². The van der Waals surface area contributed by atoms with Crippen molar-refractivity contribution in [2.75, 3.05) is 32.8 Å². The van der Waals surface area contributed by atoms with E-state index in [0.29, 0.717) is 23.6 Å². The number of ether oxygens (including phenoxy) is 4. The highest BCUT2D eigenvalue weighted by molar-refractivity contribution is 5.92. The van der Waals surface area contributed by atoms with Crippen LogP contribution in [-0.4, -0.2) is 44.9 Å². The van der Waals surface area contributed by atoms with E-state index in [1.54, 1.807) is 19.2 Å². The summed E-state index contributed by atoms with van der Waals surface area (Å²) >= 11 is 0. The first-order valence-electron chi connectivity index (χ1n) is 12.2. The number of nitro groups is 1. The second-order valence-electron chi connectivity index (χ2n) is 8.39. The van der Waals surface area contributed by atoms with Crippen molar-refractivity contribution in [3.05, 3.63) is 88.2 Å². The molecule has 0 aliphatic carbocycles. The van der Waals surface area contributed by atoms with Crippen LogP contribution in [0.2, 0.25) is 0 Å². The number of nitro benzene ring substituents is 1. The molecule has 0 fully saturated rings. The van der Waals surface area contributed by atoms with E-state index in [-0.39, 0.29) is 17.2 Å². The first kappa shape index (κ1) is 28.7. The lowest BCUT2D eigenvalue weighted by atomic mass is 10.0. The lowest BCUT2D eigenvalue weighted by molar-refractivity contribution is -0.384. The fourth-order valence-electron chi connectivity index (χ4n) is 3.56. The SMILES string of the molecule is CCCCOc1cc(C=C(OC)C(=O)OC)ccc1-c1cccc(N(C)C(=O)Oc2ccc([N+](=O)[O-])cc2)c1. The number of rotatable bonds is 11. The van der Waals surface area contributed by atoms with Gasteiger partial charge in [-0.25, -0.2) is 9.59 Å². The summed E-state index contributed by atoms with van der Waals surface area (Å²) in [4.78, 5) is 36.3. The van der Waals surface area contributed by atoms with Crippen LogP contribution in [0.4, 0.5) is 16.2 Å². The maximum Gasteiger partial charge on any atom is 0.419 e. The normalized spacial score (nSPS) is 10.9. The van der Waals surface area contributed by atoms with Gasteiger partial charge in [-0.15, -0.1) is 0 Å². The Labute approximate surface area is 226 Å². The molecular formula is C29H30N2O8. The Balaban J connectivity index is 1.89. The van der Waals surface area contributed by atoms with Crippen LogP contribution < -0.4 is 14.4 Å². The van der Waals surface area contributed by atoms with Crippen LogP contribution in [-0.2, 0) is 14.3 Å².